The molecule has 15 heteroatoms. The number of aromatic nitrogens is 4. The summed E-state index contributed by atoms with van der Waals surface area (Å²) in [6, 6.07) is -0.611. The van der Waals surface area contributed by atoms with Crippen LogP contribution in [0.4, 0.5) is 21.4 Å². The predicted octanol–water partition coefficient (Wildman–Crippen LogP) is 4.64. The highest BCUT2D eigenvalue weighted by Gasteiger charge is 2.51. The number of carbonyl (C=O) groups excluding carboxylic acids is 3. The fourth-order valence-electron chi connectivity index (χ4n) is 4.24. The van der Waals surface area contributed by atoms with E-state index in [4.69, 9.17) is 24.5 Å². The Labute approximate surface area is 223 Å². The molecule has 3 heterocycles. The molecule has 0 aromatic carbocycles. The van der Waals surface area contributed by atoms with Crippen molar-refractivity contribution in [2.24, 2.45) is 5.11 Å². The van der Waals surface area contributed by atoms with Crippen LogP contribution in [0, 0.1) is 0 Å². The van der Waals surface area contributed by atoms with Crippen LogP contribution in [0.2, 0.25) is 0 Å². The van der Waals surface area contributed by atoms with E-state index in [1.54, 1.807) is 66.0 Å². The first kappa shape index (κ1) is 28.0. The van der Waals surface area contributed by atoms with Crippen molar-refractivity contribution < 1.29 is 33.3 Å². The number of imide groups is 1. The Bertz CT molecular complexity index is 1380. The van der Waals surface area contributed by atoms with Gasteiger partial charge in [0.05, 0.1) is 12.4 Å². The summed E-state index contributed by atoms with van der Waals surface area (Å²) < 4.78 is 24.5. The first-order chi connectivity index (χ1) is 18.0. The van der Waals surface area contributed by atoms with Crippen LogP contribution in [0.25, 0.3) is 21.6 Å². The van der Waals surface area contributed by atoms with E-state index in [2.05, 4.69) is 25.0 Å². The van der Waals surface area contributed by atoms with Crippen molar-refractivity contribution in [1.82, 2.24) is 19.5 Å². The van der Waals surface area contributed by atoms with Crippen LogP contribution in [0.5, 0.6) is 0 Å². The Morgan fingerprint density at radius 3 is 2.28 bits per heavy atom. The van der Waals surface area contributed by atoms with Crippen molar-refractivity contribution in [2.45, 2.75) is 90.6 Å². The second kappa shape index (κ2) is 9.59. The third kappa shape index (κ3) is 5.70. The first-order valence-electron chi connectivity index (χ1n) is 12.1. The Kier molecular flexibility index (Phi) is 6.88. The number of anilines is 1. The van der Waals surface area contributed by atoms with E-state index in [-0.39, 0.29) is 17.0 Å². The molecule has 1 fully saturated rings. The summed E-state index contributed by atoms with van der Waals surface area (Å²) >= 11 is 0. The predicted molar refractivity (Wildman–Crippen MR) is 136 cm³/mol. The maximum atomic E-state index is 13.3. The fraction of sp³-hybridized carbons (Fsp3) is 0.583. The summed E-state index contributed by atoms with van der Waals surface area (Å²) in [5, 5.41) is 3.49. The maximum Gasteiger partial charge on any atom is 0.425 e. The number of fused-ring (bicyclic) bond motifs is 2. The molecule has 208 valence electrons. The minimum atomic E-state index is -1.09. The SMILES string of the molecule is CC(C)(C)OC(=O)N(C(=O)OC(C)(C)C)c1nc(N=[N+]=[N-])nc2c1ncn2[C@@H]1C=C(C=O)[C@H]2OC(C)(C)O[C@H]21. The number of azide groups is 1. The highest BCUT2D eigenvalue weighted by atomic mass is 16.8. The highest BCUT2D eigenvalue weighted by Crippen LogP contribution is 2.44. The molecule has 2 aromatic heterocycles. The van der Waals surface area contributed by atoms with Crippen molar-refractivity contribution >= 4 is 41.4 Å². The lowest BCUT2D eigenvalue weighted by atomic mass is 10.1. The third-order valence-electron chi connectivity index (χ3n) is 5.50. The monoisotopic (exact) mass is 542 g/mol. The lowest BCUT2D eigenvalue weighted by Gasteiger charge is -2.28. The number of nitrogens with zero attached hydrogens (tertiary/aromatic N) is 8. The fourth-order valence-corrected chi connectivity index (χ4v) is 4.24. The van der Waals surface area contributed by atoms with Crippen LogP contribution in [-0.2, 0) is 23.7 Å². The Morgan fingerprint density at radius 2 is 1.74 bits per heavy atom. The molecule has 1 aliphatic heterocycles. The van der Waals surface area contributed by atoms with Crippen LogP contribution in [0.15, 0.2) is 23.1 Å². The van der Waals surface area contributed by atoms with Gasteiger partial charge in [-0.25, -0.2) is 24.5 Å². The van der Waals surface area contributed by atoms with Gasteiger partial charge in [0.1, 0.15) is 29.7 Å². The average Bonchev–Trinajstić information content (AvgIpc) is 3.42. The first-order valence-corrected chi connectivity index (χ1v) is 12.1. The van der Waals surface area contributed by atoms with Crippen LogP contribution >= 0.6 is 0 Å². The number of rotatable bonds is 4. The van der Waals surface area contributed by atoms with Crippen molar-refractivity contribution in [2.75, 3.05) is 4.90 Å². The Morgan fingerprint density at radius 1 is 1.13 bits per heavy atom. The largest absolute Gasteiger partial charge is 0.443 e. The second-order valence-corrected chi connectivity index (χ2v) is 11.5. The summed E-state index contributed by atoms with van der Waals surface area (Å²) in [4.78, 5) is 54.5. The van der Waals surface area contributed by atoms with Crippen LogP contribution in [0.1, 0.15) is 61.4 Å². The number of aldehydes is 1. The molecule has 2 aromatic rings. The molecule has 0 radical (unpaired) electrons. The Balaban J connectivity index is 1.90. The molecular weight excluding hydrogens is 512 g/mol. The van der Waals surface area contributed by atoms with Crippen LogP contribution in [-0.4, -0.2) is 67.2 Å². The van der Waals surface area contributed by atoms with Gasteiger partial charge in [0.25, 0.3) is 0 Å². The van der Waals surface area contributed by atoms with Gasteiger partial charge in [-0.15, -0.1) is 0 Å². The van der Waals surface area contributed by atoms with Gasteiger partial charge in [-0.05, 0) is 72.1 Å². The quantitative estimate of drug-likeness (QED) is 0.228. The molecule has 0 saturated carbocycles. The molecular formula is C24H30N8O7. The lowest BCUT2D eigenvalue weighted by molar-refractivity contribution is -0.148. The zero-order chi connectivity index (χ0) is 28.9. The van der Waals surface area contributed by atoms with E-state index >= 15 is 0 Å². The summed E-state index contributed by atoms with van der Waals surface area (Å²) in [6.45, 7) is 13.3. The smallest absolute Gasteiger partial charge is 0.425 e. The van der Waals surface area contributed by atoms with E-state index in [0.29, 0.717) is 16.8 Å². The van der Waals surface area contributed by atoms with Crippen molar-refractivity contribution in [3.05, 3.63) is 28.4 Å². The second-order valence-electron chi connectivity index (χ2n) is 11.5. The maximum absolute atomic E-state index is 13.3. The van der Waals surface area contributed by atoms with E-state index in [1.807, 2.05) is 0 Å². The molecule has 1 saturated heterocycles. The summed E-state index contributed by atoms with van der Waals surface area (Å²) in [6.07, 6.45) is 0.344. The molecule has 39 heavy (non-hydrogen) atoms. The molecule has 2 aliphatic rings. The minimum Gasteiger partial charge on any atom is -0.443 e. The zero-order valence-corrected chi connectivity index (χ0v) is 22.9. The van der Waals surface area contributed by atoms with Gasteiger partial charge in [0, 0.05) is 10.5 Å². The standard InChI is InChI=1S/C24H30N8O7/c1-22(2,3)38-20(34)32(21(35)39-23(4,5)6)18-14-17(27-19(28-18)29-30-25)31(11-26-14)13-9-12(10-33)15-16(13)37-24(7,8)36-15/h9-11,13,15-16H,1-8H3/t13-,15-,16+/m1/s1. The van der Waals surface area contributed by atoms with Crippen LogP contribution < -0.4 is 4.90 Å². The van der Waals surface area contributed by atoms with E-state index < -0.39 is 53.4 Å². The number of hydrogen-bond acceptors (Lipinski definition) is 11. The number of ether oxygens (including phenoxy) is 4. The average molecular weight is 543 g/mol. The van der Waals surface area contributed by atoms with E-state index in [0.717, 1.165) is 0 Å². The molecule has 15 nitrogen and oxygen atoms in total. The van der Waals surface area contributed by atoms with Gasteiger partial charge >= 0.3 is 12.2 Å². The summed E-state index contributed by atoms with van der Waals surface area (Å²) in [7, 11) is 0. The van der Waals surface area contributed by atoms with E-state index in [9.17, 15) is 14.4 Å². The van der Waals surface area contributed by atoms with Crippen LogP contribution in [0.3, 0.4) is 0 Å². The molecule has 1 aliphatic carbocycles. The Hall–Kier alpha value is -4.07. The van der Waals surface area contributed by atoms with Gasteiger partial charge in [-0.1, -0.05) is 0 Å². The number of hydrogen-bond donors (Lipinski definition) is 0. The molecule has 4 rings (SSSR count). The van der Waals surface area contributed by atoms with Gasteiger partial charge < -0.3 is 23.5 Å². The zero-order valence-electron chi connectivity index (χ0n) is 22.9. The van der Waals surface area contributed by atoms with Gasteiger partial charge in [-0.2, -0.15) is 4.90 Å². The topological polar surface area (TPSA) is 184 Å². The molecule has 3 atom stereocenters. The summed E-state index contributed by atoms with van der Waals surface area (Å²) in [5.41, 5.74) is 7.63. The van der Waals surface area contributed by atoms with Crippen molar-refractivity contribution in [3.63, 3.8) is 0 Å². The molecule has 0 spiro atoms. The lowest BCUT2D eigenvalue weighted by Crippen LogP contribution is -2.44. The highest BCUT2D eigenvalue weighted by molar-refractivity contribution is 6.12. The number of imidazole rings is 1. The van der Waals surface area contributed by atoms with Crippen molar-refractivity contribution in [3.8, 4) is 0 Å². The molecule has 0 bridgehead atoms. The van der Waals surface area contributed by atoms with Gasteiger partial charge in [0.15, 0.2) is 22.8 Å². The molecule has 2 amide bonds. The summed E-state index contributed by atoms with van der Waals surface area (Å²) in [5.74, 6) is -1.66. The van der Waals surface area contributed by atoms with E-state index in [1.165, 1.54) is 6.33 Å². The normalized spacial score (nSPS) is 22.1. The van der Waals surface area contributed by atoms with Gasteiger partial charge in [-0.3, -0.25) is 4.79 Å². The number of amides is 2. The third-order valence-corrected chi connectivity index (χ3v) is 5.50. The molecule has 0 N–H and O–H groups in total. The number of carbonyl (C=O) groups is 3. The molecule has 0 unspecified atom stereocenters. The van der Waals surface area contributed by atoms with Crippen molar-refractivity contribution in [1.29, 1.82) is 0 Å². The van der Waals surface area contributed by atoms with Gasteiger partial charge in [0.2, 0.25) is 5.95 Å². The minimum absolute atomic E-state index is 0.00582.